The van der Waals surface area contributed by atoms with Crippen LogP contribution in [0.3, 0.4) is 0 Å². The van der Waals surface area contributed by atoms with Crippen LogP contribution in [0.15, 0.2) is 58.8 Å². The molecule has 0 amide bonds. The fraction of sp³-hybridized carbons (Fsp3) is 0.133. The molecule has 0 spiro atoms. The maximum absolute atomic E-state index is 5.90. The van der Waals surface area contributed by atoms with Crippen LogP contribution < -0.4 is 10.5 Å². The lowest BCUT2D eigenvalue weighted by atomic mass is 10.4. The summed E-state index contributed by atoms with van der Waals surface area (Å²) < 4.78 is 7.58. The third-order valence-corrected chi connectivity index (χ3v) is 3.82. The number of hydrogen-bond donors (Lipinski definition) is 1. The molecular formula is C15H15N5OS. The highest BCUT2D eigenvalue weighted by Crippen LogP contribution is 2.32. The fourth-order valence-corrected chi connectivity index (χ4v) is 2.63. The largest absolute Gasteiger partial charge is 0.435 e. The topological polar surface area (TPSA) is 78.8 Å². The summed E-state index contributed by atoms with van der Waals surface area (Å²) in [5, 5.41) is 5.05. The maximum Gasteiger partial charge on any atom is 0.217 e. The van der Waals surface area contributed by atoms with Gasteiger partial charge in [-0.2, -0.15) is 5.10 Å². The van der Waals surface area contributed by atoms with Gasteiger partial charge in [-0.05, 0) is 19.1 Å². The highest BCUT2D eigenvalue weighted by atomic mass is 32.2. The van der Waals surface area contributed by atoms with Crippen molar-refractivity contribution in [1.82, 2.24) is 19.7 Å². The second-order valence-electron chi connectivity index (χ2n) is 4.41. The van der Waals surface area contributed by atoms with Crippen LogP contribution in [0, 0.1) is 0 Å². The van der Waals surface area contributed by atoms with Gasteiger partial charge in [-0.1, -0.05) is 17.8 Å². The van der Waals surface area contributed by atoms with E-state index in [4.69, 9.17) is 10.5 Å². The standard InChI is InChI=1S/C15H15N5OS/c1-2-20-14(6-8-19-20)21-12-9-11(10-18-15(12)16)22-13-5-3-4-7-17-13/h3-10H,2H2,1H3,(H2,16,18). The van der Waals surface area contributed by atoms with Gasteiger partial charge < -0.3 is 10.5 Å². The van der Waals surface area contributed by atoms with Gasteiger partial charge in [0, 0.05) is 36.0 Å². The molecule has 0 bridgehead atoms. The lowest BCUT2D eigenvalue weighted by Crippen LogP contribution is -2.01. The molecule has 22 heavy (non-hydrogen) atoms. The first kappa shape index (κ1) is 14.4. The number of aromatic nitrogens is 4. The van der Waals surface area contributed by atoms with Crippen molar-refractivity contribution in [2.75, 3.05) is 5.73 Å². The zero-order valence-electron chi connectivity index (χ0n) is 12.0. The third kappa shape index (κ3) is 3.20. The molecule has 0 fully saturated rings. The Morgan fingerprint density at radius 2 is 2.14 bits per heavy atom. The van der Waals surface area contributed by atoms with Gasteiger partial charge in [-0.25, -0.2) is 14.6 Å². The minimum absolute atomic E-state index is 0.342. The van der Waals surface area contributed by atoms with Crippen molar-refractivity contribution < 1.29 is 4.74 Å². The van der Waals surface area contributed by atoms with E-state index in [1.807, 2.05) is 31.2 Å². The summed E-state index contributed by atoms with van der Waals surface area (Å²) in [6, 6.07) is 9.41. The molecule has 112 valence electrons. The van der Waals surface area contributed by atoms with Crippen LogP contribution in [0.25, 0.3) is 0 Å². The molecule has 0 unspecified atom stereocenters. The summed E-state index contributed by atoms with van der Waals surface area (Å²) in [5.74, 6) is 1.49. The molecule has 2 N–H and O–H groups in total. The van der Waals surface area contributed by atoms with E-state index >= 15 is 0 Å². The van der Waals surface area contributed by atoms with Gasteiger partial charge in [-0.3, -0.25) is 0 Å². The Balaban J connectivity index is 1.84. The van der Waals surface area contributed by atoms with Gasteiger partial charge >= 0.3 is 0 Å². The average molecular weight is 313 g/mol. The quantitative estimate of drug-likeness (QED) is 0.779. The van der Waals surface area contributed by atoms with Crippen molar-refractivity contribution >= 4 is 17.6 Å². The molecule has 3 aromatic rings. The Labute approximate surface area is 132 Å². The van der Waals surface area contributed by atoms with Gasteiger partial charge in [0.1, 0.15) is 5.03 Å². The monoisotopic (exact) mass is 313 g/mol. The Morgan fingerprint density at radius 1 is 1.23 bits per heavy atom. The Hall–Kier alpha value is -2.54. The second kappa shape index (κ2) is 6.48. The predicted molar refractivity (Wildman–Crippen MR) is 85.0 cm³/mol. The third-order valence-electron chi connectivity index (χ3n) is 2.91. The van der Waals surface area contributed by atoms with Crippen LogP contribution in [0.1, 0.15) is 6.92 Å². The molecular weight excluding hydrogens is 298 g/mol. The summed E-state index contributed by atoms with van der Waals surface area (Å²) in [7, 11) is 0. The maximum atomic E-state index is 5.90. The van der Waals surface area contributed by atoms with E-state index in [1.54, 1.807) is 29.3 Å². The van der Waals surface area contributed by atoms with E-state index in [2.05, 4.69) is 15.1 Å². The van der Waals surface area contributed by atoms with Gasteiger partial charge in [0.2, 0.25) is 5.88 Å². The van der Waals surface area contributed by atoms with Crippen molar-refractivity contribution in [2.24, 2.45) is 0 Å². The molecule has 3 heterocycles. The zero-order chi connectivity index (χ0) is 15.4. The molecule has 0 aliphatic carbocycles. The van der Waals surface area contributed by atoms with E-state index in [-0.39, 0.29) is 0 Å². The minimum Gasteiger partial charge on any atom is -0.435 e. The zero-order valence-corrected chi connectivity index (χ0v) is 12.8. The molecule has 0 saturated heterocycles. The first-order valence-electron chi connectivity index (χ1n) is 6.80. The summed E-state index contributed by atoms with van der Waals surface area (Å²) in [6.45, 7) is 2.72. The molecule has 6 nitrogen and oxygen atoms in total. The van der Waals surface area contributed by atoms with Crippen LogP contribution in [0.2, 0.25) is 0 Å². The number of pyridine rings is 2. The molecule has 0 atom stereocenters. The number of ether oxygens (including phenoxy) is 1. The summed E-state index contributed by atoms with van der Waals surface area (Å²) >= 11 is 1.50. The highest BCUT2D eigenvalue weighted by molar-refractivity contribution is 7.99. The molecule has 0 aromatic carbocycles. The molecule has 3 rings (SSSR count). The Morgan fingerprint density at radius 3 is 2.91 bits per heavy atom. The molecule has 0 radical (unpaired) electrons. The van der Waals surface area contributed by atoms with Gasteiger partial charge in [-0.15, -0.1) is 0 Å². The van der Waals surface area contributed by atoms with Crippen LogP contribution in [0.5, 0.6) is 11.6 Å². The van der Waals surface area contributed by atoms with Crippen molar-refractivity contribution in [1.29, 1.82) is 0 Å². The molecule has 0 saturated carbocycles. The predicted octanol–water partition coefficient (Wildman–Crippen LogP) is 3.22. The van der Waals surface area contributed by atoms with E-state index < -0.39 is 0 Å². The number of aryl methyl sites for hydroxylation is 1. The van der Waals surface area contributed by atoms with E-state index in [0.29, 0.717) is 17.4 Å². The minimum atomic E-state index is 0.342. The number of anilines is 1. The van der Waals surface area contributed by atoms with E-state index in [0.717, 1.165) is 16.5 Å². The highest BCUT2D eigenvalue weighted by Gasteiger charge is 2.10. The smallest absolute Gasteiger partial charge is 0.217 e. The van der Waals surface area contributed by atoms with E-state index in [1.165, 1.54) is 11.8 Å². The number of rotatable bonds is 5. The van der Waals surface area contributed by atoms with Gasteiger partial charge in [0.25, 0.3) is 0 Å². The SMILES string of the molecule is CCn1nccc1Oc1cc(Sc2ccccn2)cnc1N. The average Bonchev–Trinajstić information content (AvgIpc) is 2.99. The summed E-state index contributed by atoms with van der Waals surface area (Å²) in [4.78, 5) is 9.37. The van der Waals surface area contributed by atoms with Gasteiger partial charge in [0.05, 0.1) is 6.20 Å². The van der Waals surface area contributed by atoms with Crippen LogP contribution in [-0.4, -0.2) is 19.7 Å². The van der Waals surface area contributed by atoms with Gasteiger partial charge in [0.15, 0.2) is 11.6 Å². The lowest BCUT2D eigenvalue weighted by Gasteiger charge is -2.10. The number of hydrogen-bond acceptors (Lipinski definition) is 6. The van der Waals surface area contributed by atoms with E-state index in [9.17, 15) is 0 Å². The number of nitrogen functional groups attached to an aromatic ring is 1. The van der Waals surface area contributed by atoms with Crippen molar-refractivity contribution in [3.05, 3.63) is 48.9 Å². The molecule has 7 heteroatoms. The van der Waals surface area contributed by atoms with Crippen molar-refractivity contribution in [3.63, 3.8) is 0 Å². The van der Waals surface area contributed by atoms with Crippen LogP contribution in [0.4, 0.5) is 5.82 Å². The Kier molecular flexibility index (Phi) is 4.24. The first-order chi connectivity index (χ1) is 10.8. The van der Waals surface area contributed by atoms with Crippen molar-refractivity contribution in [3.8, 4) is 11.6 Å². The normalized spacial score (nSPS) is 10.6. The molecule has 3 aromatic heterocycles. The van der Waals surface area contributed by atoms with Crippen molar-refractivity contribution in [2.45, 2.75) is 23.4 Å². The number of nitrogens with zero attached hydrogens (tertiary/aromatic N) is 4. The summed E-state index contributed by atoms with van der Waals surface area (Å²) in [5.41, 5.74) is 5.90. The first-order valence-corrected chi connectivity index (χ1v) is 7.62. The Bertz CT molecular complexity index is 760. The lowest BCUT2D eigenvalue weighted by molar-refractivity contribution is 0.416. The van der Waals surface area contributed by atoms with Crippen LogP contribution >= 0.6 is 11.8 Å². The van der Waals surface area contributed by atoms with Crippen LogP contribution in [-0.2, 0) is 6.54 Å². The summed E-state index contributed by atoms with van der Waals surface area (Å²) in [6.07, 6.45) is 5.15. The fourth-order valence-electron chi connectivity index (χ4n) is 1.86. The molecule has 0 aliphatic rings. The molecule has 0 aliphatic heterocycles. The second-order valence-corrected chi connectivity index (χ2v) is 5.51. The number of nitrogens with two attached hydrogens (primary N) is 1.